The number of fused-ring (bicyclic) bond motifs is 1. The Morgan fingerprint density at radius 2 is 2.10 bits per heavy atom. The number of aryl methyl sites for hydroxylation is 1. The van der Waals surface area contributed by atoms with Crippen molar-refractivity contribution in [2.75, 3.05) is 0 Å². The fourth-order valence-electron chi connectivity index (χ4n) is 1.14. The molecule has 0 saturated carbocycles. The van der Waals surface area contributed by atoms with Crippen molar-refractivity contribution >= 4 is 11.3 Å². The fourth-order valence-corrected chi connectivity index (χ4v) is 1.95. The minimum absolute atomic E-state index is 1.38. The van der Waals surface area contributed by atoms with E-state index in [9.17, 15) is 0 Å². The van der Waals surface area contributed by atoms with Crippen molar-refractivity contribution in [1.29, 1.82) is 0 Å². The van der Waals surface area contributed by atoms with Crippen LogP contribution in [0.2, 0.25) is 0 Å². The molecule has 0 spiro atoms. The second-order valence-electron chi connectivity index (χ2n) is 2.41. The second-order valence-corrected chi connectivity index (χ2v) is 3.36. The summed E-state index contributed by atoms with van der Waals surface area (Å²) in [7, 11) is 0. The molecule has 2 rings (SSSR count). The van der Waals surface area contributed by atoms with Crippen LogP contribution in [0, 0.1) is 6.92 Å². The second kappa shape index (κ2) is 2.10. The van der Waals surface area contributed by atoms with Gasteiger partial charge in [0.15, 0.2) is 0 Å². The molecule has 1 heterocycles. The first kappa shape index (κ1) is 5.93. The topological polar surface area (TPSA) is 0 Å². The molecule has 0 amide bonds. The average molecular weight is 148 g/mol. The van der Waals surface area contributed by atoms with Crippen molar-refractivity contribution in [2.24, 2.45) is 0 Å². The Hall–Kier alpha value is -0.820. The van der Waals surface area contributed by atoms with Gasteiger partial charge in [-0.25, -0.2) is 0 Å². The minimum atomic E-state index is 1.38. The predicted molar refractivity (Wildman–Crippen MR) is 45.7 cm³/mol. The van der Waals surface area contributed by atoms with Crippen LogP contribution in [0.5, 0.6) is 0 Å². The van der Waals surface area contributed by atoms with Gasteiger partial charge in [0.05, 0.1) is 0 Å². The molecular weight excluding hydrogens is 140 g/mol. The number of rotatable bonds is 0. The molecule has 2 aliphatic rings. The van der Waals surface area contributed by atoms with Crippen molar-refractivity contribution in [3.63, 3.8) is 0 Å². The summed E-state index contributed by atoms with van der Waals surface area (Å²) in [5.41, 5.74) is 2.78. The van der Waals surface area contributed by atoms with Crippen molar-refractivity contribution in [2.45, 2.75) is 6.92 Å². The van der Waals surface area contributed by atoms with Gasteiger partial charge in [0.1, 0.15) is 0 Å². The summed E-state index contributed by atoms with van der Waals surface area (Å²) in [5, 5.41) is 2.11. The van der Waals surface area contributed by atoms with Crippen molar-refractivity contribution < 1.29 is 0 Å². The van der Waals surface area contributed by atoms with E-state index in [1.807, 2.05) is 0 Å². The highest BCUT2D eigenvalue weighted by atomic mass is 32.1. The Kier molecular flexibility index (Phi) is 1.24. The molecule has 50 valence electrons. The Morgan fingerprint density at radius 3 is 2.90 bits per heavy atom. The summed E-state index contributed by atoms with van der Waals surface area (Å²) in [6.07, 6.45) is 0. The SMILES string of the molecule is Cc1ccc2scccc1-2. The standard InChI is InChI=1S/C9H8S/c1-7-4-5-9-8(7)3-2-6-10-9/h2-6H,1H3. The maximum absolute atomic E-state index is 2.18. The number of hydrogen-bond donors (Lipinski definition) is 0. The molecule has 0 atom stereocenters. The molecule has 10 heavy (non-hydrogen) atoms. The van der Waals surface area contributed by atoms with E-state index in [1.54, 1.807) is 11.3 Å². The number of hydrogen-bond acceptors (Lipinski definition) is 1. The Morgan fingerprint density at radius 1 is 1.20 bits per heavy atom. The zero-order valence-electron chi connectivity index (χ0n) is 5.79. The van der Waals surface area contributed by atoms with Crippen LogP contribution in [-0.2, 0) is 0 Å². The van der Waals surface area contributed by atoms with E-state index in [0.29, 0.717) is 0 Å². The Labute approximate surface area is 64.5 Å². The van der Waals surface area contributed by atoms with Gasteiger partial charge in [-0.1, -0.05) is 18.2 Å². The van der Waals surface area contributed by atoms with Crippen molar-refractivity contribution in [1.82, 2.24) is 0 Å². The summed E-state index contributed by atoms with van der Waals surface area (Å²) >= 11 is 1.80. The molecule has 0 aromatic rings. The lowest BCUT2D eigenvalue weighted by Gasteiger charge is -1.95. The van der Waals surface area contributed by atoms with Crippen molar-refractivity contribution in [3.05, 3.63) is 35.2 Å². The molecule has 0 saturated heterocycles. The summed E-state index contributed by atoms with van der Waals surface area (Å²) in [6, 6.07) is 8.61. The van der Waals surface area contributed by atoms with Crippen LogP contribution >= 0.6 is 11.3 Å². The van der Waals surface area contributed by atoms with Gasteiger partial charge in [-0.2, -0.15) is 0 Å². The van der Waals surface area contributed by atoms with Gasteiger partial charge in [-0.3, -0.25) is 0 Å². The zero-order chi connectivity index (χ0) is 6.97. The third-order valence-electron chi connectivity index (χ3n) is 1.71. The smallest absolute Gasteiger partial charge is 0.0345 e. The third kappa shape index (κ3) is 0.745. The van der Waals surface area contributed by atoms with E-state index in [-0.39, 0.29) is 0 Å². The molecule has 0 aromatic heterocycles. The van der Waals surface area contributed by atoms with Crippen LogP contribution in [0.4, 0.5) is 0 Å². The van der Waals surface area contributed by atoms with Gasteiger partial charge in [0.2, 0.25) is 0 Å². The molecule has 0 N–H and O–H groups in total. The van der Waals surface area contributed by atoms with Gasteiger partial charge in [0.25, 0.3) is 0 Å². The fraction of sp³-hybridized carbons (Fsp3) is 0.111. The van der Waals surface area contributed by atoms with E-state index in [4.69, 9.17) is 0 Å². The van der Waals surface area contributed by atoms with Gasteiger partial charge in [0, 0.05) is 4.88 Å². The van der Waals surface area contributed by atoms with E-state index in [0.717, 1.165) is 0 Å². The van der Waals surface area contributed by atoms with Crippen LogP contribution in [0.25, 0.3) is 10.4 Å². The largest absolute Gasteiger partial charge is 0.144 e. The normalized spacial score (nSPS) is 10.5. The summed E-state index contributed by atoms with van der Waals surface area (Å²) in [6.45, 7) is 2.15. The predicted octanol–water partition coefficient (Wildman–Crippen LogP) is 3.16. The van der Waals surface area contributed by atoms with Gasteiger partial charge >= 0.3 is 0 Å². The van der Waals surface area contributed by atoms with Crippen LogP contribution in [0.3, 0.4) is 0 Å². The van der Waals surface area contributed by atoms with Crippen LogP contribution < -0.4 is 0 Å². The molecule has 0 aromatic carbocycles. The lowest BCUT2D eigenvalue weighted by atomic mass is 10.2. The minimum Gasteiger partial charge on any atom is -0.144 e. The van der Waals surface area contributed by atoms with Crippen molar-refractivity contribution in [3.8, 4) is 10.4 Å². The first-order valence-electron chi connectivity index (χ1n) is 3.31. The van der Waals surface area contributed by atoms with E-state index < -0.39 is 0 Å². The van der Waals surface area contributed by atoms with Crippen LogP contribution in [0.15, 0.2) is 29.6 Å². The molecule has 1 heteroatoms. The molecule has 0 unspecified atom stereocenters. The molecule has 0 fully saturated rings. The average Bonchev–Trinajstić information content (AvgIpc) is 2.34. The maximum atomic E-state index is 2.18. The van der Waals surface area contributed by atoms with E-state index in [2.05, 4.69) is 36.6 Å². The van der Waals surface area contributed by atoms with Gasteiger partial charge in [-0.05, 0) is 29.5 Å². The Balaban J connectivity index is 2.78. The zero-order valence-corrected chi connectivity index (χ0v) is 6.61. The molecular formula is C9H8S. The monoisotopic (exact) mass is 148 g/mol. The summed E-state index contributed by atoms with van der Waals surface area (Å²) in [5.74, 6) is 0. The first-order valence-corrected chi connectivity index (χ1v) is 4.19. The molecule has 1 aliphatic carbocycles. The molecule has 0 nitrogen and oxygen atoms in total. The van der Waals surface area contributed by atoms with E-state index >= 15 is 0 Å². The molecule has 1 aliphatic heterocycles. The molecule has 0 bridgehead atoms. The lowest BCUT2D eigenvalue weighted by molar-refractivity contribution is 1.55. The van der Waals surface area contributed by atoms with Gasteiger partial charge < -0.3 is 0 Å². The Bertz CT molecular complexity index is 309. The van der Waals surface area contributed by atoms with Gasteiger partial charge in [-0.15, -0.1) is 11.3 Å². The third-order valence-corrected chi connectivity index (χ3v) is 2.61. The maximum Gasteiger partial charge on any atom is 0.0345 e. The highest BCUT2D eigenvalue weighted by molar-refractivity contribution is 7.13. The van der Waals surface area contributed by atoms with Crippen LogP contribution in [0.1, 0.15) is 5.56 Å². The van der Waals surface area contributed by atoms with E-state index in [1.165, 1.54) is 16.0 Å². The molecule has 0 radical (unpaired) electrons. The highest BCUT2D eigenvalue weighted by Gasteiger charge is 2.03. The summed E-state index contributed by atoms with van der Waals surface area (Å²) in [4.78, 5) is 1.39. The quantitative estimate of drug-likeness (QED) is 0.538. The van der Waals surface area contributed by atoms with Crippen LogP contribution in [-0.4, -0.2) is 0 Å². The lowest BCUT2D eigenvalue weighted by Crippen LogP contribution is -1.69. The first-order chi connectivity index (χ1) is 4.88. The summed E-state index contributed by atoms with van der Waals surface area (Å²) < 4.78 is 0. The highest BCUT2D eigenvalue weighted by Crippen LogP contribution is 2.29.